The summed E-state index contributed by atoms with van der Waals surface area (Å²) >= 11 is 1.66. The molecule has 0 radical (unpaired) electrons. The Bertz CT molecular complexity index is 582. The molecule has 21 heavy (non-hydrogen) atoms. The average Bonchev–Trinajstić information content (AvgIpc) is 2.81. The van der Waals surface area contributed by atoms with E-state index in [9.17, 15) is 0 Å². The number of aromatic nitrogens is 1. The molecule has 3 nitrogen and oxygen atoms in total. The lowest BCUT2D eigenvalue weighted by molar-refractivity contribution is 0.297. The van der Waals surface area contributed by atoms with Gasteiger partial charge in [-0.2, -0.15) is 0 Å². The number of nitrogens with one attached hydrogen (secondary N) is 1. The first kappa shape index (κ1) is 16.0. The van der Waals surface area contributed by atoms with Crippen LogP contribution in [0.15, 0.2) is 17.5 Å². The van der Waals surface area contributed by atoms with E-state index in [1.165, 1.54) is 16.7 Å². The minimum Gasteiger partial charge on any atom is -0.487 e. The summed E-state index contributed by atoms with van der Waals surface area (Å²) in [5.41, 5.74) is 4.67. The Morgan fingerprint density at radius 1 is 1.19 bits per heavy atom. The zero-order valence-electron chi connectivity index (χ0n) is 13.5. The number of benzene rings is 1. The van der Waals surface area contributed by atoms with Crippen molar-refractivity contribution >= 4 is 11.3 Å². The molecule has 0 atom stereocenters. The van der Waals surface area contributed by atoms with Gasteiger partial charge in [-0.1, -0.05) is 26.0 Å². The van der Waals surface area contributed by atoms with Crippen LogP contribution in [0, 0.1) is 20.8 Å². The molecule has 0 fully saturated rings. The Labute approximate surface area is 131 Å². The van der Waals surface area contributed by atoms with Gasteiger partial charge in [0.25, 0.3) is 0 Å². The molecule has 0 aliphatic heterocycles. The highest BCUT2D eigenvalue weighted by Gasteiger charge is 2.08. The summed E-state index contributed by atoms with van der Waals surface area (Å²) in [5.74, 6) is 0.981. The van der Waals surface area contributed by atoms with Crippen LogP contribution in [0.2, 0.25) is 0 Å². The fraction of sp³-hybridized carbons (Fsp3) is 0.471. The number of nitrogens with zero attached hydrogens (tertiary/aromatic N) is 1. The lowest BCUT2D eigenvalue weighted by Gasteiger charge is -2.15. The van der Waals surface area contributed by atoms with Gasteiger partial charge in [-0.3, -0.25) is 0 Å². The number of ether oxygens (including phenoxy) is 1. The third-order valence-electron chi connectivity index (χ3n) is 3.27. The predicted octanol–water partition coefficient (Wildman–Crippen LogP) is 4.15. The monoisotopic (exact) mass is 304 g/mol. The quantitative estimate of drug-likeness (QED) is 0.870. The van der Waals surface area contributed by atoms with Gasteiger partial charge in [0.05, 0.1) is 10.7 Å². The van der Waals surface area contributed by atoms with Crippen LogP contribution in [0.25, 0.3) is 0 Å². The second-order valence-electron chi connectivity index (χ2n) is 5.74. The Kier molecular flexibility index (Phi) is 5.37. The number of aryl methyl sites for hydroxylation is 3. The molecular weight excluding hydrogens is 280 g/mol. The fourth-order valence-corrected chi connectivity index (χ4v) is 2.91. The van der Waals surface area contributed by atoms with E-state index in [4.69, 9.17) is 4.74 Å². The fourth-order valence-electron chi connectivity index (χ4n) is 2.31. The van der Waals surface area contributed by atoms with Crippen LogP contribution < -0.4 is 10.1 Å². The predicted molar refractivity (Wildman–Crippen MR) is 89.1 cm³/mol. The molecule has 4 heteroatoms. The van der Waals surface area contributed by atoms with Gasteiger partial charge in [-0.05, 0) is 37.5 Å². The van der Waals surface area contributed by atoms with Crippen molar-refractivity contribution in [3.8, 4) is 5.75 Å². The molecular formula is C17H24N2OS. The molecule has 1 aromatic carbocycles. The van der Waals surface area contributed by atoms with Crippen molar-refractivity contribution in [2.75, 3.05) is 0 Å². The summed E-state index contributed by atoms with van der Waals surface area (Å²) in [6.07, 6.45) is 0. The molecule has 1 heterocycles. The summed E-state index contributed by atoms with van der Waals surface area (Å²) < 4.78 is 5.97. The van der Waals surface area contributed by atoms with Crippen molar-refractivity contribution in [2.45, 2.75) is 53.8 Å². The molecule has 2 rings (SSSR count). The van der Waals surface area contributed by atoms with Gasteiger partial charge in [-0.15, -0.1) is 11.3 Å². The Hall–Kier alpha value is -1.39. The second kappa shape index (κ2) is 7.05. The molecule has 0 aliphatic rings. The Morgan fingerprint density at radius 3 is 2.38 bits per heavy atom. The SMILES string of the molecule is Cc1nc(COc2c(C)cc(CNC(C)C)cc2C)cs1. The highest BCUT2D eigenvalue weighted by Crippen LogP contribution is 2.26. The lowest BCUT2D eigenvalue weighted by Crippen LogP contribution is -2.21. The van der Waals surface area contributed by atoms with Crippen molar-refractivity contribution < 1.29 is 4.74 Å². The molecule has 0 amide bonds. The third kappa shape index (κ3) is 4.55. The number of rotatable bonds is 6. The Morgan fingerprint density at radius 2 is 1.86 bits per heavy atom. The van der Waals surface area contributed by atoms with Crippen molar-refractivity contribution in [3.63, 3.8) is 0 Å². The average molecular weight is 304 g/mol. The molecule has 0 aliphatic carbocycles. The number of hydrogen-bond acceptors (Lipinski definition) is 4. The first-order valence-electron chi connectivity index (χ1n) is 7.33. The van der Waals surface area contributed by atoms with E-state index in [1.54, 1.807) is 11.3 Å². The highest BCUT2D eigenvalue weighted by molar-refractivity contribution is 7.09. The third-order valence-corrected chi connectivity index (χ3v) is 4.09. The number of thiazole rings is 1. The molecule has 0 saturated carbocycles. The van der Waals surface area contributed by atoms with E-state index in [2.05, 4.69) is 55.5 Å². The summed E-state index contributed by atoms with van der Waals surface area (Å²) in [7, 11) is 0. The van der Waals surface area contributed by atoms with Gasteiger partial charge in [-0.25, -0.2) is 4.98 Å². The molecule has 0 spiro atoms. The smallest absolute Gasteiger partial charge is 0.131 e. The zero-order chi connectivity index (χ0) is 15.4. The van der Waals surface area contributed by atoms with E-state index in [1.807, 2.05) is 6.92 Å². The van der Waals surface area contributed by atoms with Crippen LogP contribution in [-0.2, 0) is 13.2 Å². The van der Waals surface area contributed by atoms with Crippen LogP contribution in [0.5, 0.6) is 5.75 Å². The molecule has 0 unspecified atom stereocenters. The molecule has 114 valence electrons. The van der Waals surface area contributed by atoms with Gasteiger partial charge in [0.1, 0.15) is 12.4 Å². The van der Waals surface area contributed by atoms with E-state index in [0.717, 1.165) is 23.0 Å². The van der Waals surface area contributed by atoms with Gasteiger partial charge in [0.15, 0.2) is 0 Å². The van der Waals surface area contributed by atoms with E-state index in [-0.39, 0.29) is 0 Å². The van der Waals surface area contributed by atoms with E-state index < -0.39 is 0 Å². The maximum Gasteiger partial charge on any atom is 0.131 e. The van der Waals surface area contributed by atoms with Gasteiger partial charge in [0.2, 0.25) is 0 Å². The van der Waals surface area contributed by atoms with Crippen LogP contribution >= 0.6 is 11.3 Å². The minimum absolute atomic E-state index is 0.495. The first-order chi connectivity index (χ1) is 9.95. The van der Waals surface area contributed by atoms with Crippen molar-refractivity contribution in [1.29, 1.82) is 0 Å². The summed E-state index contributed by atoms with van der Waals surface area (Å²) in [4.78, 5) is 4.43. The molecule has 0 saturated heterocycles. The topological polar surface area (TPSA) is 34.1 Å². The van der Waals surface area contributed by atoms with Gasteiger partial charge >= 0.3 is 0 Å². The first-order valence-corrected chi connectivity index (χ1v) is 8.21. The normalized spacial score (nSPS) is 11.1. The molecule has 0 bridgehead atoms. The standard InChI is InChI=1S/C17H24N2OS/c1-11(2)18-8-15-6-12(3)17(13(4)7-15)20-9-16-10-21-14(5)19-16/h6-7,10-11,18H,8-9H2,1-5H3. The largest absolute Gasteiger partial charge is 0.487 e. The highest BCUT2D eigenvalue weighted by atomic mass is 32.1. The van der Waals surface area contributed by atoms with Crippen molar-refractivity contribution in [3.05, 3.63) is 44.9 Å². The zero-order valence-corrected chi connectivity index (χ0v) is 14.3. The summed E-state index contributed by atoms with van der Waals surface area (Å²) in [6.45, 7) is 12.0. The lowest BCUT2D eigenvalue weighted by atomic mass is 10.1. The van der Waals surface area contributed by atoms with Crippen LogP contribution in [-0.4, -0.2) is 11.0 Å². The second-order valence-corrected chi connectivity index (χ2v) is 6.80. The van der Waals surface area contributed by atoms with Crippen LogP contribution in [0.1, 0.15) is 41.2 Å². The van der Waals surface area contributed by atoms with Crippen molar-refractivity contribution in [1.82, 2.24) is 10.3 Å². The molecule has 2 aromatic rings. The van der Waals surface area contributed by atoms with Gasteiger partial charge in [0, 0.05) is 18.0 Å². The van der Waals surface area contributed by atoms with E-state index in [0.29, 0.717) is 12.6 Å². The maximum absolute atomic E-state index is 5.97. The van der Waals surface area contributed by atoms with Crippen molar-refractivity contribution in [2.24, 2.45) is 0 Å². The minimum atomic E-state index is 0.495. The maximum atomic E-state index is 5.97. The van der Waals surface area contributed by atoms with Crippen LogP contribution in [0.4, 0.5) is 0 Å². The summed E-state index contributed by atoms with van der Waals surface area (Å²) in [5, 5.41) is 6.58. The van der Waals surface area contributed by atoms with E-state index >= 15 is 0 Å². The Balaban J connectivity index is 2.06. The van der Waals surface area contributed by atoms with Crippen LogP contribution in [0.3, 0.4) is 0 Å². The van der Waals surface area contributed by atoms with Gasteiger partial charge < -0.3 is 10.1 Å². The molecule has 1 N–H and O–H groups in total. The number of hydrogen-bond donors (Lipinski definition) is 1. The molecule has 1 aromatic heterocycles. The summed E-state index contributed by atoms with van der Waals surface area (Å²) in [6, 6.07) is 4.89.